The van der Waals surface area contributed by atoms with E-state index in [1.165, 1.54) is 0 Å². The number of hydrogen-bond acceptors (Lipinski definition) is 4. The SMILES string of the molecule is Cc1cccc(C(=NNC(=O)c2ccccc2C)c2cccc(C)n2)n1. The zero-order valence-corrected chi connectivity index (χ0v) is 15.0. The molecule has 0 radical (unpaired) electrons. The molecule has 2 aromatic heterocycles. The van der Waals surface area contributed by atoms with Crippen molar-refractivity contribution in [3.05, 3.63) is 94.6 Å². The third kappa shape index (κ3) is 4.00. The number of benzene rings is 1. The number of nitrogens with zero attached hydrogens (tertiary/aromatic N) is 3. The van der Waals surface area contributed by atoms with Crippen molar-refractivity contribution in [1.82, 2.24) is 15.4 Å². The topological polar surface area (TPSA) is 67.2 Å². The molecule has 0 saturated heterocycles. The molecule has 3 aromatic rings. The van der Waals surface area contributed by atoms with Crippen molar-refractivity contribution >= 4 is 11.6 Å². The van der Waals surface area contributed by atoms with Gasteiger partial charge in [-0.25, -0.2) is 5.43 Å². The molecule has 1 amide bonds. The Morgan fingerprint density at radius 1 is 0.808 bits per heavy atom. The number of hydrogen-bond donors (Lipinski definition) is 1. The monoisotopic (exact) mass is 344 g/mol. The van der Waals surface area contributed by atoms with Gasteiger partial charge in [-0.15, -0.1) is 0 Å². The van der Waals surface area contributed by atoms with E-state index in [-0.39, 0.29) is 5.91 Å². The minimum absolute atomic E-state index is 0.263. The van der Waals surface area contributed by atoms with Gasteiger partial charge in [-0.1, -0.05) is 30.3 Å². The lowest BCUT2D eigenvalue weighted by Crippen LogP contribution is -2.22. The molecule has 0 spiro atoms. The van der Waals surface area contributed by atoms with Crippen LogP contribution >= 0.6 is 0 Å². The number of carbonyl (C=O) groups excluding carboxylic acids is 1. The molecule has 0 aliphatic carbocycles. The van der Waals surface area contributed by atoms with Crippen molar-refractivity contribution in [1.29, 1.82) is 0 Å². The summed E-state index contributed by atoms with van der Waals surface area (Å²) in [6, 6.07) is 18.8. The predicted octanol–water partition coefficient (Wildman–Crippen LogP) is 3.58. The average molecular weight is 344 g/mol. The first-order chi connectivity index (χ1) is 12.5. The fourth-order valence-electron chi connectivity index (χ4n) is 2.59. The van der Waals surface area contributed by atoms with Crippen LogP contribution in [0.2, 0.25) is 0 Å². The van der Waals surface area contributed by atoms with E-state index in [0.717, 1.165) is 17.0 Å². The molecule has 2 heterocycles. The summed E-state index contributed by atoms with van der Waals surface area (Å²) in [7, 11) is 0. The average Bonchev–Trinajstić information content (AvgIpc) is 2.62. The largest absolute Gasteiger partial charge is 0.271 e. The summed E-state index contributed by atoms with van der Waals surface area (Å²) in [5.41, 5.74) is 7.71. The van der Waals surface area contributed by atoms with Gasteiger partial charge in [-0.2, -0.15) is 5.10 Å². The Morgan fingerprint density at radius 2 is 1.38 bits per heavy atom. The van der Waals surface area contributed by atoms with Gasteiger partial charge < -0.3 is 0 Å². The van der Waals surface area contributed by atoms with Crippen LogP contribution in [-0.2, 0) is 0 Å². The van der Waals surface area contributed by atoms with Crippen molar-refractivity contribution in [2.24, 2.45) is 5.10 Å². The first kappa shape index (κ1) is 17.5. The quantitative estimate of drug-likeness (QED) is 0.581. The molecule has 1 N–H and O–H groups in total. The standard InChI is InChI=1S/C21H20N4O/c1-14-8-4-5-11-17(14)21(26)25-24-20(18-12-6-9-15(2)22-18)19-13-7-10-16(3)23-19/h4-13H,1-3H3,(H,25,26). The van der Waals surface area contributed by atoms with E-state index in [9.17, 15) is 4.79 Å². The van der Waals surface area contributed by atoms with E-state index >= 15 is 0 Å². The number of aryl methyl sites for hydroxylation is 3. The normalized spacial score (nSPS) is 10.3. The summed E-state index contributed by atoms with van der Waals surface area (Å²) in [6.45, 7) is 5.72. The molecule has 0 aliphatic heterocycles. The van der Waals surface area contributed by atoms with Crippen molar-refractivity contribution < 1.29 is 4.79 Å². The van der Waals surface area contributed by atoms with E-state index in [0.29, 0.717) is 22.7 Å². The number of nitrogens with one attached hydrogen (secondary N) is 1. The molecule has 0 bridgehead atoms. The van der Waals surface area contributed by atoms with Crippen LogP contribution in [0.1, 0.15) is 38.7 Å². The Labute approximate surface area is 152 Å². The molecule has 1 aromatic carbocycles. The lowest BCUT2D eigenvalue weighted by molar-refractivity contribution is 0.0954. The minimum Gasteiger partial charge on any atom is -0.267 e. The number of carbonyl (C=O) groups is 1. The Hall–Kier alpha value is -3.34. The van der Waals surface area contributed by atoms with Gasteiger partial charge in [0.2, 0.25) is 0 Å². The Balaban J connectivity index is 1.99. The maximum absolute atomic E-state index is 12.5. The summed E-state index contributed by atoms with van der Waals surface area (Å²) < 4.78 is 0. The van der Waals surface area contributed by atoms with Crippen LogP contribution in [0, 0.1) is 20.8 Å². The molecule has 0 fully saturated rings. The summed E-state index contributed by atoms with van der Waals surface area (Å²) >= 11 is 0. The third-order valence-corrected chi connectivity index (χ3v) is 3.92. The highest BCUT2D eigenvalue weighted by molar-refractivity contribution is 6.11. The zero-order chi connectivity index (χ0) is 18.5. The number of aromatic nitrogens is 2. The van der Waals surface area contributed by atoms with Crippen molar-refractivity contribution in [3.63, 3.8) is 0 Å². The van der Waals surface area contributed by atoms with Crippen LogP contribution in [0.4, 0.5) is 0 Å². The fraction of sp³-hybridized carbons (Fsp3) is 0.143. The number of hydrazone groups is 1. The lowest BCUT2D eigenvalue weighted by Gasteiger charge is -2.09. The van der Waals surface area contributed by atoms with Crippen LogP contribution in [-0.4, -0.2) is 21.6 Å². The summed E-state index contributed by atoms with van der Waals surface area (Å²) in [4.78, 5) is 21.6. The molecule has 130 valence electrons. The highest BCUT2D eigenvalue weighted by atomic mass is 16.2. The zero-order valence-electron chi connectivity index (χ0n) is 15.0. The molecule has 0 saturated carbocycles. The van der Waals surface area contributed by atoms with Crippen LogP contribution in [0.3, 0.4) is 0 Å². The Bertz CT molecular complexity index is 932. The van der Waals surface area contributed by atoms with E-state index < -0.39 is 0 Å². The van der Waals surface area contributed by atoms with Gasteiger partial charge in [0.05, 0.1) is 11.4 Å². The number of amides is 1. The van der Waals surface area contributed by atoms with Gasteiger partial charge in [0.1, 0.15) is 5.71 Å². The smallest absolute Gasteiger partial charge is 0.267 e. The minimum atomic E-state index is -0.263. The highest BCUT2D eigenvalue weighted by Crippen LogP contribution is 2.10. The molecule has 0 unspecified atom stereocenters. The van der Waals surface area contributed by atoms with Crippen molar-refractivity contribution in [2.45, 2.75) is 20.8 Å². The molecule has 5 heteroatoms. The van der Waals surface area contributed by atoms with E-state index in [4.69, 9.17) is 0 Å². The fourth-order valence-corrected chi connectivity index (χ4v) is 2.59. The van der Waals surface area contributed by atoms with E-state index in [1.54, 1.807) is 6.07 Å². The molecule has 5 nitrogen and oxygen atoms in total. The first-order valence-corrected chi connectivity index (χ1v) is 8.36. The van der Waals surface area contributed by atoms with E-state index in [1.807, 2.05) is 75.4 Å². The second-order valence-electron chi connectivity index (χ2n) is 6.04. The lowest BCUT2D eigenvalue weighted by atomic mass is 10.1. The molecular weight excluding hydrogens is 324 g/mol. The van der Waals surface area contributed by atoms with Crippen LogP contribution in [0.5, 0.6) is 0 Å². The predicted molar refractivity (Wildman–Crippen MR) is 102 cm³/mol. The van der Waals surface area contributed by atoms with Crippen molar-refractivity contribution in [2.75, 3.05) is 0 Å². The molecule has 3 rings (SSSR count). The Morgan fingerprint density at radius 3 is 1.92 bits per heavy atom. The summed E-state index contributed by atoms with van der Waals surface area (Å²) in [5.74, 6) is -0.263. The Kier molecular flexibility index (Phi) is 5.17. The van der Waals surface area contributed by atoms with Crippen LogP contribution in [0.15, 0.2) is 65.8 Å². The first-order valence-electron chi connectivity index (χ1n) is 8.36. The molecular formula is C21H20N4O. The van der Waals surface area contributed by atoms with Gasteiger partial charge in [0, 0.05) is 17.0 Å². The number of rotatable bonds is 4. The van der Waals surface area contributed by atoms with Gasteiger partial charge in [0.25, 0.3) is 5.91 Å². The van der Waals surface area contributed by atoms with Gasteiger partial charge in [-0.3, -0.25) is 14.8 Å². The van der Waals surface area contributed by atoms with Gasteiger partial charge >= 0.3 is 0 Å². The van der Waals surface area contributed by atoms with Crippen molar-refractivity contribution in [3.8, 4) is 0 Å². The van der Waals surface area contributed by atoms with Gasteiger partial charge in [0.15, 0.2) is 0 Å². The summed E-state index contributed by atoms with van der Waals surface area (Å²) in [5, 5.41) is 4.36. The highest BCUT2D eigenvalue weighted by Gasteiger charge is 2.13. The maximum Gasteiger partial charge on any atom is 0.271 e. The van der Waals surface area contributed by atoms with Crippen LogP contribution < -0.4 is 5.43 Å². The molecule has 0 aliphatic rings. The molecule has 26 heavy (non-hydrogen) atoms. The van der Waals surface area contributed by atoms with E-state index in [2.05, 4.69) is 20.5 Å². The maximum atomic E-state index is 12.5. The summed E-state index contributed by atoms with van der Waals surface area (Å²) in [6.07, 6.45) is 0. The second-order valence-corrected chi connectivity index (χ2v) is 6.04. The third-order valence-electron chi connectivity index (χ3n) is 3.92. The van der Waals surface area contributed by atoms with Gasteiger partial charge in [-0.05, 0) is 56.7 Å². The van der Waals surface area contributed by atoms with Crippen LogP contribution in [0.25, 0.3) is 0 Å². The second kappa shape index (κ2) is 7.70. The molecule has 0 atom stereocenters. The number of pyridine rings is 2.